The molecule has 1 amide bonds. The third-order valence-electron chi connectivity index (χ3n) is 3.47. The summed E-state index contributed by atoms with van der Waals surface area (Å²) in [7, 11) is 0. The molecule has 3 nitrogen and oxygen atoms in total. The topological polar surface area (TPSA) is 41.1 Å². The van der Waals surface area contributed by atoms with E-state index < -0.39 is 0 Å². The summed E-state index contributed by atoms with van der Waals surface area (Å²) in [5.74, 6) is -0.344. The van der Waals surface area contributed by atoms with Crippen molar-refractivity contribution in [1.29, 1.82) is 0 Å². The van der Waals surface area contributed by atoms with Crippen LogP contribution >= 0.6 is 11.6 Å². The maximum absolute atomic E-state index is 12.8. The summed E-state index contributed by atoms with van der Waals surface area (Å²) in [6.07, 6.45) is 0.338. The Morgan fingerprint density at radius 3 is 2.52 bits per heavy atom. The lowest BCUT2D eigenvalue weighted by Gasteiger charge is -2.12. The maximum Gasteiger partial charge on any atom is 0.225 e. The van der Waals surface area contributed by atoms with E-state index >= 15 is 0 Å². The number of benzene rings is 2. The highest BCUT2D eigenvalue weighted by molar-refractivity contribution is 6.34. The molecule has 0 aliphatic rings. The molecule has 0 aromatic heterocycles. The molecule has 0 atom stereocenters. The zero-order valence-electron chi connectivity index (χ0n) is 13.2. The Bertz CT molecular complexity index is 663. The summed E-state index contributed by atoms with van der Waals surface area (Å²) in [6, 6.07) is 10.1. The average molecular weight is 335 g/mol. The van der Waals surface area contributed by atoms with Crippen LogP contribution in [-0.2, 0) is 11.3 Å². The van der Waals surface area contributed by atoms with Crippen molar-refractivity contribution in [2.24, 2.45) is 0 Å². The highest BCUT2D eigenvalue weighted by Crippen LogP contribution is 2.27. The Kier molecular flexibility index (Phi) is 6.13. The van der Waals surface area contributed by atoms with Gasteiger partial charge in [0, 0.05) is 19.5 Å². The van der Waals surface area contributed by atoms with Gasteiger partial charge in [0.25, 0.3) is 0 Å². The summed E-state index contributed by atoms with van der Waals surface area (Å²) < 4.78 is 12.8. The van der Waals surface area contributed by atoms with E-state index in [1.807, 2.05) is 26.0 Å². The number of aryl methyl sites for hydroxylation is 2. The Balaban J connectivity index is 1.78. The monoisotopic (exact) mass is 334 g/mol. The molecule has 0 saturated carbocycles. The molecule has 0 radical (unpaired) electrons. The largest absolute Gasteiger partial charge is 0.325 e. The van der Waals surface area contributed by atoms with Gasteiger partial charge < -0.3 is 10.6 Å². The molecule has 2 rings (SSSR count). The molecule has 5 heteroatoms. The van der Waals surface area contributed by atoms with E-state index in [1.165, 1.54) is 12.1 Å². The van der Waals surface area contributed by atoms with Gasteiger partial charge in [0.15, 0.2) is 0 Å². The summed E-state index contributed by atoms with van der Waals surface area (Å²) >= 11 is 6.17. The van der Waals surface area contributed by atoms with Crippen molar-refractivity contribution >= 4 is 23.2 Å². The predicted octanol–water partition coefficient (Wildman–Crippen LogP) is 4.21. The van der Waals surface area contributed by atoms with E-state index in [1.54, 1.807) is 12.1 Å². The van der Waals surface area contributed by atoms with Crippen LogP contribution in [0.25, 0.3) is 0 Å². The van der Waals surface area contributed by atoms with E-state index in [-0.39, 0.29) is 11.7 Å². The third kappa shape index (κ3) is 5.34. The number of hydrogen-bond donors (Lipinski definition) is 2. The quantitative estimate of drug-likeness (QED) is 0.777. The maximum atomic E-state index is 12.8. The number of hydrogen-bond acceptors (Lipinski definition) is 2. The molecule has 2 aromatic rings. The van der Waals surface area contributed by atoms with Crippen molar-refractivity contribution in [1.82, 2.24) is 5.32 Å². The van der Waals surface area contributed by atoms with Crippen molar-refractivity contribution in [2.75, 3.05) is 11.9 Å². The molecule has 0 aliphatic carbocycles. The molecule has 0 fully saturated rings. The van der Waals surface area contributed by atoms with E-state index in [0.29, 0.717) is 30.2 Å². The van der Waals surface area contributed by atoms with Crippen LogP contribution in [0.3, 0.4) is 0 Å². The SMILES string of the molecule is Cc1cc(C)c(NC(=O)CCNCc2ccc(F)cc2)c(Cl)c1. The molecule has 0 saturated heterocycles. The van der Waals surface area contributed by atoms with Gasteiger partial charge in [-0.1, -0.05) is 29.8 Å². The normalized spacial score (nSPS) is 10.6. The van der Waals surface area contributed by atoms with E-state index in [4.69, 9.17) is 11.6 Å². The summed E-state index contributed by atoms with van der Waals surface area (Å²) in [5, 5.41) is 6.56. The van der Waals surface area contributed by atoms with E-state index in [2.05, 4.69) is 10.6 Å². The molecule has 2 aromatic carbocycles. The minimum absolute atomic E-state index is 0.0922. The Hall–Kier alpha value is -1.91. The molecule has 0 bridgehead atoms. The molecule has 23 heavy (non-hydrogen) atoms. The van der Waals surface area contributed by atoms with E-state index in [0.717, 1.165) is 16.7 Å². The third-order valence-corrected chi connectivity index (χ3v) is 3.77. The van der Waals surface area contributed by atoms with Gasteiger partial charge in [-0.05, 0) is 48.7 Å². The molecular weight excluding hydrogens is 315 g/mol. The van der Waals surface area contributed by atoms with Crippen molar-refractivity contribution < 1.29 is 9.18 Å². The highest BCUT2D eigenvalue weighted by Gasteiger charge is 2.09. The molecule has 0 spiro atoms. The zero-order valence-corrected chi connectivity index (χ0v) is 14.0. The van der Waals surface area contributed by atoms with Gasteiger partial charge >= 0.3 is 0 Å². The molecule has 0 unspecified atom stereocenters. The van der Waals surface area contributed by atoms with Crippen LogP contribution in [0.2, 0.25) is 5.02 Å². The van der Waals surface area contributed by atoms with Gasteiger partial charge in [-0.15, -0.1) is 0 Å². The second-order valence-corrected chi connectivity index (χ2v) is 5.95. The number of carbonyl (C=O) groups is 1. The summed E-state index contributed by atoms with van der Waals surface area (Å²) in [5.41, 5.74) is 3.65. The van der Waals surface area contributed by atoms with Crippen LogP contribution in [0, 0.1) is 19.7 Å². The van der Waals surface area contributed by atoms with Crippen LogP contribution in [0.1, 0.15) is 23.1 Å². The number of rotatable bonds is 6. The van der Waals surface area contributed by atoms with Gasteiger partial charge in [0.1, 0.15) is 5.82 Å². The first kappa shape index (κ1) is 17.4. The zero-order chi connectivity index (χ0) is 16.8. The van der Waals surface area contributed by atoms with Crippen molar-refractivity contribution in [3.8, 4) is 0 Å². The number of carbonyl (C=O) groups excluding carboxylic acids is 1. The number of amides is 1. The number of halogens is 2. The first-order valence-electron chi connectivity index (χ1n) is 7.47. The van der Waals surface area contributed by atoms with Crippen molar-refractivity contribution in [2.45, 2.75) is 26.8 Å². The lowest BCUT2D eigenvalue weighted by atomic mass is 10.1. The number of anilines is 1. The smallest absolute Gasteiger partial charge is 0.225 e. The minimum atomic E-state index is -0.251. The Morgan fingerprint density at radius 2 is 1.87 bits per heavy atom. The van der Waals surface area contributed by atoms with Crippen LogP contribution in [0.15, 0.2) is 36.4 Å². The number of nitrogens with one attached hydrogen (secondary N) is 2. The fraction of sp³-hybridized carbons (Fsp3) is 0.278. The second-order valence-electron chi connectivity index (χ2n) is 5.54. The minimum Gasteiger partial charge on any atom is -0.325 e. The summed E-state index contributed by atoms with van der Waals surface area (Å²) in [6.45, 7) is 5.01. The fourth-order valence-corrected chi connectivity index (χ4v) is 2.68. The van der Waals surface area contributed by atoms with Gasteiger partial charge in [-0.25, -0.2) is 4.39 Å². The van der Waals surface area contributed by atoms with Crippen LogP contribution in [0.5, 0.6) is 0 Å². The molecule has 0 heterocycles. The molecule has 122 valence electrons. The van der Waals surface area contributed by atoms with Crippen molar-refractivity contribution in [3.05, 3.63) is 63.9 Å². The lowest BCUT2D eigenvalue weighted by molar-refractivity contribution is -0.116. The summed E-state index contributed by atoms with van der Waals surface area (Å²) in [4.78, 5) is 12.0. The van der Waals surface area contributed by atoms with Gasteiger partial charge in [-0.2, -0.15) is 0 Å². The Morgan fingerprint density at radius 1 is 1.17 bits per heavy atom. The fourth-order valence-electron chi connectivity index (χ4n) is 2.31. The van der Waals surface area contributed by atoms with Gasteiger partial charge in [0.05, 0.1) is 10.7 Å². The van der Waals surface area contributed by atoms with Crippen LogP contribution < -0.4 is 10.6 Å². The van der Waals surface area contributed by atoms with Gasteiger partial charge in [0.2, 0.25) is 5.91 Å². The first-order valence-corrected chi connectivity index (χ1v) is 7.85. The van der Waals surface area contributed by atoms with Gasteiger partial charge in [-0.3, -0.25) is 4.79 Å². The Labute approximate surface area is 140 Å². The predicted molar refractivity (Wildman–Crippen MR) is 92.3 cm³/mol. The standard InChI is InChI=1S/C18H20ClFN2O/c1-12-9-13(2)18(16(19)10-12)22-17(23)7-8-21-11-14-3-5-15(20)6-4-14/h3-6,9-10,21H,7-8,11H2,1-2H3,(H,22,23). The first-order chi connectivity index (χ1) is 11.0. The van der Waals surface area contributed by atoms with Crippen LogP contribution in [0.4, 0.5) is 10.1 Å². The van der Waals surface area contributed by atoms with Crippen molar-refractivity contribution in [3.63, 3.8) is 0 Å². The molecular formula is C18H20ClFN2O. The van der Waals surface area contributed by atoms with E-state index in [9.17, 15) is 9.18 Å². The average Bonchev–Trinajstić information content (AvgIpc) is 2.49. The second kappa shape index (κ2) is 8.09. The lowest BCUT2D eigenvalue weighted by Crippen LogP contribution is -2.22. The van der Waals surface area contributed by atoms with Crippen LogP contribution in [-0.4, -0.2) is 12.5 Å². The highest BCUT2D eigenvalue weighted by atomic mass is 35.5. The molecule has 2 N–H and O–H groups in total. The molecule has 0 aliphatic heterocycles.